The Morgan fingerprint density at radius 3 is 2.27 bits per heavy atom. The molecule has 5 rings (SSSR count). The summed E-state index contributed by atoms with van der Waals surface area (Å²) in [5.74, 6) is 1.64. The summed E-state index contributed by atoms with van der Waals surface area (Å²) >= 11 is 1.32. The minimum absolute atomic E-state index is 0.0644. The summed E-state index contributed by atoms with van der Waals surface area (Å²) in [5.41, 5.74) is 0.990. The molecule has 1 heterocycles. The molecule has 1 aromatic heterocycles. The van der Waals surface area contributed by atoms with Gasteiger partial charge in [0.05, 0.1) is 35.4 Å². The summed E-state index contributed by atoms with van der Waals surface area (Å²) in [4.78, 5) is 13.7. The molecule has 204 valence electrons. The fourth-order valence-corrected chi connectivity index (χ4v) is 6.21. The van der Waals surface area contributed by atoms with Crippen molar-refractivity contribution in [1.82, 2.24) is 0 Å². The SMILES string of the molecule is COc1ccc(S(=O)(=O)N(C)c2ccc3sc(C(=O)Nc4ccccc4Oc4ccccc4)cc3c2)cc1OC. The van der Waals surface area contributed by atoms with E-state index in [9.17, 15) is 13.2 Å². The zero-order valence-corrected chi connectivity index (χ0v) is 23.6. The highest BCUT2D eigenvalue weighted by Crippen LogP contribution is 2.35. The number of nitrogens with zero attached hydrogens (tertiary/aromatic N) is 1. The maximum absolute atomic E-state index is 13.4. The Balaban J connectivity index is 1.38. The predicted octanol–water partition coefficient (Wildman–Crippen LogP) is 6.79. The number of methoxy groups -OCH3 is 2. The summed E-state index contributed by atoms with van der Waals surface area (Å²) in [7, 11) is 0.528. The monoisotopic (exact) mass is 574 g/mol. The van der Waals surface area contributed by atoms with E-state index >= 15 is 0 Å². The van der Waals surface area contributed by atoms with Crippen LogP contribution in [0.1, 0.15) is 9.67 Å². The van der Waals surface area contributed by atoms with E-state index in [-0.39, 0.29) is 10.8 Å². The Labute approximate surface area is 236 Å². The van der Waals surface area contributed by atoms with E-state index in [2.05, 4.69) is 5.32 Å². The average molecular weight is 575 g/mol. The van der Waals surface area contributed by atoms with Crippen LogP contribution in [0.25, 0.3) is 10.1 Å². The smallest absolute Gasteiger partial charge is 0.265 e. The molecule has 40 heavy (non-hydrogen) atoms. The van der Waals surface area contributed by atoms with Gasteiger partial charge >= 0.3 is 0 Å². The van der Waals surface area contributed by atoms with E-state index in [0.29, 0.717) is 39.2 Å². The van der Waals surface area contributed by atoms with Crippen LogP contribution >= 0.6 is 11.3 Å². The largest absolute Gasteiger partial charge is 0.493 e. The molecular formula is C30H26N2O6S2. The Bertz CT molecular complexity index is 1790. The number of hydrogen-bond donors (Lipinski definition) is 1. The van der Waals surface area contributed by atoms with Crippen molar-refractivity contribution in [2.75, 3.05) is 30.9 Å². The van der Waals surface area contributed by atoms with Gasteiger partial charge < -0.3 is 19.5 Å². The van der Waals surface area contributed by atoms with Gasteiger partial charge in [0.25, 0.3) is 15.9 Å². The quantitative estimate of drug-likeness (QED) is 0.208. The second-order valence-electron chi connectivity index (χ2n) is 8.69. The molecule has 1 N–H and O–H groups in total. The molecule has 0 aliphatic heterocycles. The number of nitrogens with one attached hydrogen (secondary N) is 1. The third-order valence-corrected chi connectivity index (χ3v) is 9.10. The number of ether oxygens (including phenoxy) is 3. The van der Waals surface area contributed by atoms with Crippen molar-refractivity contribution in [2.24, 2.45) is 0 Å². The summed E-state index contributed by atoms with van der Waals surface area (Å²) in [6.45, 7) is 0. The van der Waals surface area contributed by atoms with Crippen molar-refractivity contribution >= 4 is 48.7 Å². The molecule has 0 saturated carbocycles. The lowest BCUT2D eigenvalue weighted by Crippen LogP contribution is -2.26. The van der Waals surface area contributed by atoms with Crippen LogP contribution in [-0.4, -0.2) is 35.6 Å². The number of fused-ring (bicyclic) bond motifs is 1. The van der Waals surface area contributed by atoms with Gasteiger partial charge in [0.2, 0.25) is 0 Å². The lowest BCUT2D eigenvalue weighted by Gasteiger charge is -2.20. The van der Waals surface area contributed by atoms with Crippen molar-refractivity contribution in [3.8, 4) is 23.0 Å². The molecule has 1 amide bonds. The lowest BCUT2D eigenvalue weighted by atomic mass is 10.2. The van der Waals surface area contributed by atoms with E-state index in [4.69, 9.17) is 14.2 Å². The standard InChI is InChI=1S/C30H26N2O6S2/c1-32(40(34,35)23-14-15-26(36-2)27(19-23)37-3)21-13-16-28-20(17-21)18-29(39-28)30(33)31-24-11-7-8-12-25(24)38-22-9-5-4-6-10-22/h4-19H,1-3H3,(H,31,33). The molecule has 0 atom stereocenters. The first kappa shape index (κ1) is 27.0. The summed E-state index contributed by atoms with van der Waals surface area (Å²) in [6, 6.07) is 28.0. The number of carbonyl (C=O) groups excluding carboxylic acids is 1. The predicted molar refractivity (Wildman–Crippen MR) is 158 cm³/mol. The van der Waals surface area contributed by atoms with Crippen LogP contribution < -0.4 is 23.8 Å². The molecule has 4 aromatic carbocycles. The van der Waals surface area contributed by atoms with E-state index in [0.717, 1.165) is 10.1 Å². The first-order valence-electron chi connectivity index (χ1n) is 12.2. The Morgan fingerprint density at radius 2 is 1.52 bits per heavy atom. The highest BCUT2D eigenvalue weighted by Gasteiger charge is 2.24. The van der Waals surface area contributed by atoms with Crippen LogP contribution in [0.5, 0.6) is 23.0 Å². The number of para-hydroxylation sites is 3. The minimum Gasteiger partial charge on any atom is -0.493 e. The van der Waals surface area contributed by atoms with Crippen molar-refractivity contribution in [3.63, 3.8) is 0 Å². The summed E-state index contributed by atoms with van der Waals surface area (Å²) < 4.78 is 45.2. The van der Waals surface area contributed by atoms with E-state index in [1.807, 2.05) is 42.5 Å². The highest BCUT2D eigenvalue weighted by atomic mass is 32.2. The fraction of sp³-hybridized carbons (Fsp3) is 0.100. The third kappa shape index (κ3) is 5.45. The molecular weight excluding hydrogens is 548 g/mol. The zero-order valence-electron chi connectivity index (χ0n) is 22.0. The van der Waals surface area contributed by atoms with Gasteiger partial charge in [-0.2, -0.15) is 0 Å². The van der Waals surface area contributed by atoms with E-state index < -0.39 is 10.0 Å². The molecule has 0 aliphatic rings. The lowest BCUT2D eigenvalue weighted by molar-refractivity contribution is 0.103. The first-order chi connectivity index (χ1) is 19.3. The molecule has 5 aromatic rings. The number of amides is 1. The van der Waals surface area contributed by atoms with Crippen molar-refractivity contribution < 1.29 is 27.4 Å². The summed E-state index contributed by atoms with van der Waals surface area (Å²) in [6.07, 6.45) is 0. The number of rotatable bonds is 9. The van der Waals surface area contributed by atoms with Crippen LogP contribution in [0, 0.1) is 0 Å². The van der Waals surface area contributed by atoms with Crippen LogP contribution in [0.2, 0.25) is 0 Å². The molecule has 0 bridgehead atoms. The highest BCUT2D eigenvalue weighted by molar-refractivity contribution is 7.92. The van der Waals surface area contributed by atoms with Crippen molar-refractivity contribution in [1.29, 1.82) is 0 Å². The van der Waals surface area contributed by atoms with Gasteiger partial charge in [-0.15, -0.1) is 11.3 Å². The number of thiophene rings is 1. The normalized spacial score (nSPS) is 11.2. The number of hydrogen-bond acceptors (Lipinski definition) is 7. The van der Waals surface area contributed by atoms with Gasteiger partial charge in [0.1, 0.15) is 5.75 Å². The van der Waals surface area contributed by atoms with E-state index in [1.165, 1.54) is 49.0 Å². The van der Waals surface area contributed by atoms with Crippen LogP contribution in [0.4, 0.5) is 11.4 Å². The number of carbonyl (C=O) groups is 1. The minimum atomic E-state index is -3.89. The van der Waals surface area contributed by atoms with Crippen molar-refractivity contribution in [2.45, 2.75) is 4.90 Å². The van der Waals surface area contributed by atoms with Crippen LogP contribution in [0.3, 0.4) is 0 Å². The van der Waals surface area contributed by atoms with Gasteiger partial charge in [-0.1, -0.05) is 30.3 Å². The Kier molecular flexibility index (Phi) is 7.63. The Hall–Kier alpha value is -4.54. The molecule has 0 saturated heterocycles. The maximum Gasteiger partial charge on any atom is 0.265 e. The number of sulfonamides is 1. The summed E-state index contributed by atoms with van der Waals surface area (Å²) in [5, 5.41) is 3.68. The first-order valence-corrected chi connectivity index (χ1v) is 14.4. The third-order valence-electron chi connectivity index (χ3n) is 6.21. The van der Waals surface area contributed by atoms with Crippen LogP contribution in [0.15, 0.2) is 102 Å². The topological polar surface area (TPSA) is 94.2 Å². The average Bonchev–Trinajstić information content (AvgIpc) is 3.41. The van der Waals surface area contributed by atoms with Crippen LogP contribution in [-0.2, 0) is 10.0 Å². The maximum atomic E-state index is 13.4. The Morgan fingerprint density at radius 1 is 0.800 bits per heavy atom. The van der Waals surface area contributed by atoms with E-state index in [1.54, 1.807) is 42.5 Å². The van der Waals surface area contributed by atoms with Gasteiger partial charge in [-0.05, 0) is 66.0 Å². The second-order valence-corrected chi connectivity index (χ2v) is 11.7. The van der Waals surface area contributed by atoms with Gasteiger partial charge in [0.15, 0.2) is 17.2 Å². The van der Waals surface area contributed by atoms with Gasteiger partial charge in [-0.3, -0.25) is 9.10 Å². The molecule has 0 radical (unpaired) electrons. The van der Waals surface area contributed by atoms with Crippen molar-refractivity contribution in [3.05, 3.63) is 102 Å². The fourth-order valence-electron chi connectivity index (χ4n) is 4.07. The molecule has 0 aliphatic carbocycles. The molecule has 0 unspecified atom stereocenters. The molecule has 10 heteroatoms. The van der Waals surface area contributed by atoms with Gasteiger partial charge in [0, 0.05) is 17.8 Å². The molecule has 0 spiro atoms. The number of anilines is 2. The number of benzene rings is 4. The zero-order chi connectivity index (χ0) is 28.3. The molecule has 8 nitrogen and oxygen atoms in total. The van der Waals surface area contributed by atoms with Gasteiger partial charge in [-0.25, -0.2) is 8.42 Å². The molecule has 0 fully saturated rings. The second kappa shape index (κ2) is 11.3.